The van der Waals surface area contributed by atoms with Gasteiger partial charge in [-0.15, -0.1) is 0 Å². The number of fused-ring (bicyclic) bond motifs is 1. The highest BCUT2D eigenvalue weighted by Gasteiger charge is 2.15. The van der Waals surface area contributed by atoms with Gasteiger partial charge in [0.15, 0.2) is 0 Å². The number of aryl methyl sites for hydroxylation is 1. The van der Waals surface area contributed by atoms with Gasteiger partial charge < -0.3 is 9.30 Å². The summed E-state index contributed by atoms with van der Waals surface area (Å²) in [7, 11) is 0. The number of ether oxygens (including phenoxy) is 1. The SMILES string of the molecule is CCOc1ccc2c(c1)c(-c1ccc(C(C)C)cc1)nc(=S)n2CCC(C)(C)C. The van der Waals surface area contributed by atoms with Gasteiger partial charge in [-0.05, 0) is 60.7 Å². The van der Waals surface area contributed by atoms with Gasteiger partial charge in [-0.25, -0.2) is 4.98 Å². The standard InChI is InChI=1S/C25H32N2OS/c1-7-28-20-12-13-22-21(16-20)23(19-10-8-18(9-11-19)17(2)3)26-24(29)27(22)15-14-25(4,5)6/h8-13,16-17H,7,14-15H2,1-6H3. The van der Waals surface area contributed by atoms with Crippen LogP contribution in [-0.2, 0) is 6.54 Å². The van der Waals surface area contributed by atoms with E-state index in [4.69, 9.17) is 21.9 Å². The molecule has 4 heteroatoms. The van der Waals surface area contributed by atoms with Crippen LogP contribution < -0.4 is 4.74 Å². The Morgan fingerprint density at radius 2 is 1.76 bits per heavy atom. The Hall–Kier alpha value is -2.20. The van der Waals surface area contributed by atoms with Crippen molar-refractivity contribution >= 4 is 23.1 Å². The van der Waals surface area contributed by atoms with Crippen molar-refractivity contribution in [1.29, 1.82) is 0 Å². The fourth-order valence-electron chi connectivity index (χ4n) is 3.43. The Kier molecular flexibility index (Phi) is 6.42. The smallest absolute Gasteiger partial charge is 0.200 e. The summed E-state index contributed by atoms with van der Waals surface area (Å²) in [4.78, 5) is 4.87. The van der Waals surface area contributed by atoms with Gasteiger partial charge in [0.05, 0.1) is 17.8 Å². The molecule has 0 amide bonds. The minimum absolute atomic E-state index is 0.234. The molecule has 2 aromatic carbocycles. The van der Waals surface area contributed by atoms with Crippen molar-refractivity contribution in [2.45, 2.75) is 60.4 Å². The Morgan fingerprint density at radius 3 is 2.34 bits per heavy atom. The van der Waals surface area contributed by atoms with E-state index < -0.39 is 0 Å². The predicted molar refractivity (Wildman–Crippen MR) is 125 cm³/mol. The van der Waals surface area contributed by atoms with E-state index in [-0.39, 0.29) is 5.41 Å². The molecule has 0 spiro atoms. The highest BCUT2D eigenvalue weighted by Crippen LogP contribution is 2.32. The van der Waals surface area contributed by atoms with E-state index in [2.05, 4.69) is 75.6 Å². The second kappa shape index (κ2) is 8.66. The summed E-state index contributed by atoms with van der Waals surface area (Å²) < 4.78 is 8.57. The zero-order valence-electron chi connectivity index (χ0n) is 18.5. The van der Waals surface area contributed by atoms with Crippen molar-refractivity contribution in [3.05, 3.63) is 52.8 Å². The first-order valence-corrected chi connectivity index (χ1v) is 10.9. The van der Waals surface area contributed by atoms with Gasteiger partial charge in [-0.1, -0.05) is 58.9 Å². The Balaban J connectivity index is 2.18. The summed E-state index contributed by atoms with van der Waals surface area (Å²) in [5, 5.41) is 1.08. The van der Waals surface area contributed by atoms with Crippen molar-refractivity contribution in [3.8, 4) is 17.0 Å². The van der Waals surface area contributed by atoms with Crippen molar-refractivity contribution in [3.63, 3.8) is 0 Å². The fraction of sp³-hybridized carbons (Fsp3) is 0.440. The molecule has 1 aromatic heterocycles. The fourth-order valence-corrected chi connectivity index (χ4v) is 3.71. The summed E-state index contributed by atoms with van der Waals surface area (Å²) in [6, 6.07) is 14.9. The number of aromatic nitrogens is 2. The molecule has 0 N–H and O–H groups in total. The molecule has 0 aliphatic carbocycles. The molecule has 3 nitrogen and oxygen atoms in total. The maximum Gasteiger partial charge on any atom is 0.200 e. The van der Waals surface area contributed by atoms with Crippen LogP contribution in [0.1, 0.15) is 59.4 Å². The number of hydrogen-bond donors (Lipinski definition) is 0. The summed E-state index contributed by atoms with van der Waals surface area (Å²) >= 11 is 5.73. The van der Waals surface area contributed by atoms with Crippen LogP contribution in [-0.4, -0.2) is 16.2 Å². The van der Waals surface area contributed by atoms with E-state index >= 15 is 0 Å². The molecule has 3 rings (SSSR count). The highest BCUT2D eigenvalue weighted by molar-refractivity contribution is 7.71. The molecule has 0 aliphatic heterocycles. The largest absolute Gasteiger partial charge is 0.494 e. The number of rotatable bonds is 6. The first-order chi connectivity index (χ1) is 13.7. The van der Waals surface area contributed by atoms with Crippen molar-refractivity contribution in [2.24, 2.45) is 5.41 Å². The summed E-state index contributed by atoms with van der Waals surface area (Å²) in [5.74, 6) is 1.37. The molecule has 0 bridgehead atoms. The van der Waals surface area contributed by atoms with E-state index in [9.17, 15) is 0 Å². The summed E-state index contributed by atoms with van der Waals surface area (Å²) in [5.41, 5.74) is 4.68. The van der Waals surface area contributed by atoms with E-state index in [0.29, 0.717) is 17.3 Å². The molecule has 0 unspecified atom stereocenters. The number of benzene rings is 2. The van der Waals surface area contributed by atoms with Crippen LogP contribution in [0.25, 0.3) is 22.2 Å². The van der Waals surface area contributed by atoms with Crippen molar-refractivity contribution in [2.75, 3.05) is 6.61 Å². The van der Waals surface area contributed by atoms with Crippen LogP contribution in [0.2, 0.25) is 0 Å². The molecule has 0 saturated carbocycles. The lowest BCUT2D eigenvalue weighted by atomic mass is 9.92. The third-order valence-corrected chi connectivity index (χ3v) is 5.51. The first kappa shape index (κ1) is 21.5. The third-order valence-electron chi connectivity index (χ3n) is 5.20. The van der Waals surface area contributed by atoms with Crippen LogP contribution in [0.3, 0.4) is 0 Å². The molecule has 0 radical (unpaired) electrons. The van der Waals surface area contributed by atoms with Gasteiger partial charge in [0.1, 0.15) is 5.75 Å². The number of hydrogen-bond acceptors (Lipinski definition) is 3. The maximum atomic E-state index is 5.78. The van der Waals surface area contributed by atoms with Crippen LogP contribution in [0.5, 0.6) is 5.75 Å². The molecule has 0 saturated heterocycles. The first-order valence-electron chi connectivity index (χ1n) is 10.5. The highest BCUT2D eigenvalue weighted by atomic mass is 32.1. The van der Waals surface area contributed by atoms with Gasteiger partial charge in [0.2, 0.25) is 4.77 Å². The molecule has 29 heavy (non-hydrogen) atoms. The van der Waals surface area contributed by atoms with Crippen LogP contribution in [0.15, 0.2) is 42.5 Å². The molecular formula is C25H32N2OS. The van der Waals surface area contributed by atoms with Gasteiger partial charge in [0, 0.05) is 17.5 Å². The lowest BCUT2D eigenvalue weighted by Gasteiger charge is -2.21. The molecule has 3 aromatic rings. The zero-order chi connectivity index (χ0) is 21.2. The Bertz CT molecular complexity index is 1040. The predicted octanol–water partition coefficient (Wildman–Crippen LogP) is 7.39. The quantitative estimate of drug-likeness (QED) is 0.398. The van der Waals surface area contributed by atoms with E-state index in [0.717, 1.165) is 40.9 Å². The van der Waals surface area contributed by atoms with Crippen molar-refractivity contribution in [1.82, 2.24) is 9.55 Å². The minimum atomic E-state index is 0.234. The molecule has 0 aliphatic rings. The number of nitrogens with zero attached hydrogens (tertiary/aromatic N) is 2. The van der Waals surface area contributed by atoms with Crippen LogP contribution >= 0.6 is 12.2 Å². The second-order valence-corrected chi connectivity index (χ2v) is 9.46. The van der Waals surface area contributed by atoms with Crippen molar-refractivity contribution < 1.29 is 4.74 Å². The topological polar surface area (TPSA) is 27.1 Å². The lowest BCUT2D eigenvalue weighted by molar-refractivity contribution is 0.340. The van der Waals surface area contributed by atoms with E-state index in [1.165, 1.54) is 5.56 Å². The second-order valence-electron chi connectivity index (χ2n) is 9.09. The molecule has 154 valence electrons. The van der Waals surface area contributed by atoms with E-state index in [1.54, 1.807) is 0 Å². The van der Waals surface area contributed by atoms with E-state index in [1.807, 2.05) is 13.0 Å². The molecular weight excluding hydrogens is 376 g/mol. The summed E-state index contributed by atoms with van der Waals surface area (Å²) in [6.45, 7) is 14.7. The minimum Gasteiger partial charge on any atom is -0.494 e. The third kappa shape index (κ3) is 5.05. The van der Waals surface area contributed by atoms with Gasteiger partial charge >= 0.3 is 0 Å². The van der Waals surface area contributed by atoms with Crippen LogP contribution in [0.4, 0.5) is 0 Å². The monoisotopic (exact) mass is 408 g/mol. The summed E-state index contributed by atoms with van der Waals surface area (Å²) in [6.07, 6.45) is 1.04. The van der Waals surface area contributed by atoms with Gasteiger partial charge in [-0.2, -0.15) is 0 Å². The molecule has 0 atom stereocenters. The lowest BCUT2D eigenvalue weighted by Crippen LogP contribution is -2.13. The van der Waals surface area contributed by atoms with Crippen LogP contribution in [0, 0.1) is 10.2 Å². The van der Waals surface area contributed by atoms with Gasteiger partial charge in [-0.3, -0.25) is 0 Å². The average Bonchev–Trinajstić information content (AvgIpc) is 2.66. The van der Waals surface area contributed by atoms with Gasteiger partial charge in [0.25, 0.3) is 0 Å². The zero-order valence-corrected chi connectivity index (χ0v) is 19.3. The normalized spacial score (nSPS) is 12.0. The average molecular weight is 409 g/mol. The maximum absolute atomic E-state index is 5.78. The molecule has 0 fully saturated rings. The Labute approximate surface area is 179 Å². The molecule has 1 heterocycles. The Morgan fingerprint density at radius 1 is 1.07 bits per heavy atom.